The zero-order chi connectivity index (χ0) is 13.1. The molecule has 0 aliphatic carbocycles. The van der Waals surface area contributed by atoms with Crippen LogP contribution in [0.5, 0.6) is 0 Å². The van der Waals surface area contributed by atoms with E-state index in [1.54, 1.807) is 18.2 Å². The van der Waals surface area contributed by atoms with Gasteiger partial charge in [-0.15, -0.1) is 0 Å². The number of Topliss-reactive ketones (excluding diaryl/α,β-unsaturated/α-hetero) is 1. The Hall–Kier alpha value is -1.71. The van der Waals surface area contributed by atoms with Crippen LogP contribution in [0, 0.1) is 18.3 Å². The van der Waals surface area contributed by atoms with E-state index in [0.29, 0.717) is 17.0 Å². The van der Waals surface area contributed by atoms with Crippen LogP contribution in [-0.2, 0) is 0 Å². The number of benzene rings is 1. The van der Waals surface area contributed by atoms with Gasteiger partial charge < -0.3 is 0 Å². The minimum absolute atomic E-state index is 0.0248. The normalized spacial score (nSPS) is 10.1. The van der Waals surface area contributed by atoms with E-state index in [4.69, 9.17) is 5.26 Å². The molecule has 1 heterocycles. The lowest BCUT2D eigenvalue weighted by Gasteiger charge is -2.04. The number of aromatic nitrogens is 2. The smallest absolute Gasteiger partial charge is 0.174 e. The molecule has 0 bridgehead atoms. The highest BCUT2D eigenvalue weighted by molar-refractivity contribution is 8.01. The number of aryl methyl sites for hydroxylation is 1. The molecule has 0 saturated heterocycles. The van der Waals surface area contributed by atoms with Gasteiger partial charge in [-0.05, 0) is 43.6 Å². The van der Waals surface area contributed by atoms with Gasteiger partial charge >= 0.3 is 0 Å². The number of hydrogen-bond donors (Lipinski definition) is 0. The fourth-order valence-electron chi connectivity index (χ4n) is 1.38. The summed E-state index contributed by atoms with van der Waals surface area (Å²) < 4.78 is 4.86. The number of rotatable bonds is 3. The molecule has 0 spiro atoms. The second-order valence-electron chi connectivity index (χ2n) is 3.59. The van der Waals surface area contributed by atoms with E-state index in [2.05, 4.69) is 15.4 Å². The van der Waals surface area contributed by atoms with Gasteiger partial charge in [0, 0.05) is 10.5 Å². The Morgan fingerprint density at radius 3 is 2.83 bits per heavy atom. The van der Waals surface area contributed by atoms with Gasteiger partial charge in [0.25, 0.3) is 0 Å². The Morgan fingerprint density at radius 1 is 1.50 bits per heavy atom. The van der Waals surface area contributed by atoms with Crippen molar-refractivity contribution in [3.05, 3.63) is 35.2 Å². The number of nitriles is 1. The topological polar surface area (TPSA) is 66.6 Å². The van der Waals surface area contributed by atoms with Crippen molar-refractivity contribution >= 4 is 29.1 Å². The van der Waals surface area contributed by atoms with E-state index in [1.165, 1.54) is 30.2 Å². The molecule has 1 aromatic carbocycles. The molecule has 0 aliphatic rings. The number of ketones is 1. The molecule has 1 aromatic heterocycles. The van der Waals surface area contributed by atoms with Crippen molar-refractivity contribution in [1.82, 2.24) is 9.36 Å². The summed E-state index contributed by atoms with van der Waals surface area (Å²) in [7, 11) is 0. The van der Waals surface area contributed by atoms with Gasteiger partial charge in [-0.2, -0.15) is 9.64 Å². The molecule has 0 saturated carbocycles. The van der Waals surface area contributed by atoms with Gasteiger partial charge in [0.1, 0.15) is 5.82 Å². The van der Waals surface area contributed by atoms with Crippen molar-refractivity contribution in [2.24, 2.45) is 0 Å². The summed E-state index contributed by atoms with van der Waals surface area (Å²) in [5.74, 6) is 0.687. The van der Waals surface area contributed by atoms with E-state index >= 15 is 0 Å². The standard InChI is InChI=1S/C12H9N3OS2/c1-7(16)10-4-3-9(6-13)5-11(10)17-12-14-8(2)15-18-12/h3-5H,1-2H3. The molecular weight excluding hydrogens is 266 g/mol. The number of nitrogens with zero attached hydrogens (tertiary/aromatic N) is 3. The van der Waals surface area contributed by atoms with Crippen molar-refractivity contribution in [2.75, 3.05) is 0 Å². The lowest BCUT2D eigenvalue weighted by atomic mass is 10.1. The van der Waals surface area contributed by atoms with Gasteiger partial charge in [0.05, 0.1) is 11.6 Å². The molecule has 0 amide bonds. The van der Waals surface area contributed by atoms with Gasteiger partial charge in [-0.3, -0.25) is 4.79 Å². The van der Waals surface area contributed by atoms with Crippen LogP contribution in [0.1, 0.15) is 28.7 Å². The maximum Gasteiger partial charge on any atom is 0.174 e. The van der Waals surface area contributed by atoms with Gasteiger partial charge in [0.2, 0.25) is 0 Å². The average molecular weight is 275 g/mol. The molecule has 0 unspecified atom stereocenters. The maximum atomic E-state index is 11.5. The van der Waals surface area contributed by atoms with Gasteiger partial charge in [-0.25, -0.2) is 4.98 Å². The zero-order valence-corrected chi connectivity index (χ0v) is 11.4. The van der Waals surface area contributed by atoms with Crippen LogP contribution >= 0.6 is 23.3 Å². The third kappa shape index (κ3) is 2.75. The number of carbonyl (C=O) groups is 1. The quantitative estimate of drug-likeness (QED) is 0.805. The second kappa shape index (κ2) is 5.29. The Bertz CT molecular complexity index is 643. The Kier molecular flexibility index (Phi) is 3.75. The molecule has 0 atom stereocenters. The van der Waals surface area contributed by atoms with Crippen molar-refractivity contribution in [1.29, 1.82) is 5.26 Å². The molecule has 0 fully saturated rings. The minimum atomic E-state index is -0.0248. The highest BCUT2D eigenvalue weighted by Gasteiger charge is 2.12. The fourth-order valence-corrected chi connectivity index (χ4v) is 3.21. The Balaban J connectivity index is 2.41. The first-order chi connectivity index (χ1) is 8.60. The summed E-state index contributed by atoms with van der Waals surface area (Å²) in [6.45, 7) is 3.33. The highest BCUT2D eigenvalue weighted by Crippen LogP contribution is 2.32. The first-order valence-corrected chi connectivity index (χ1v) is 6.72. The summed E-state index contributed by atoms with van der Waals surface area (Å²) in [4.78, 5) is 16.5. The lowest BCUT2D eigenvalue weighted by Crippen LogP contribution is -1.95. The van der Waals surface area contributed by atoms with Crippen molar-refractivity contribution in [3.8, 4) is 6.07 Å². The highest BCUT2D eigenvalue weighted by atomic mass is 32.2. The zero-order valence-electron chi connectivity index (χ0n) is 9.80. The molecule has 0 aliphatic heterocycles. The number of carbonyl (C=O) groups excluding carboxylic acids is 1. The summed E-state index contributed by atoms with van der Waals surface area (Å²) in [6, 6.07) is 7.10. The van der Waals surface area contributed by atoms with Crippen LogP contribution in [0.3, 0.4) is 0 Å². The molecule has 2 rings (SSSR count). The molecule has 18 heavy (non-hydrogen) atoms. The molecule has 0 radical (unpaired) electrons. The van der Waals surface area contributed by atoms with Gasteiger partial charge in [-0.1, -0.05) is 11.8 Å². The molecule has 2 aromatic rings. The van der Waals surface area contributed by atoms with Crippen molar-refractivity contribution in [2.45, 2.75) is 23.1 Å². The first kappa shape index (κ1) is 12.7. The summed E-state index contributed by atoms with van der Waals surface area (Å²) in [6.07, 6.45) is 0. The maximum absolute atomic E-state index is 11.5. The predicted molar refractivity (Wildman–Crippen MR) is 69.9 cm³/mol. The third-order valence-corrected chi connectivity index (χ3v) is 4.10. The van der Waals surface area contributed by atoms with Crippen molar-refractivity contribution in [3.63, 3.8) is 0 Å². The largest absolute Gasteiger partial charge is 0.294 e. The van der Waals surface area contributed by atoms with E-state index in [0.717, 1.165) is 9.24 Å². The minimum Gasteiger partial charge on any atom is -0.294 e. The van der Waals surface area contributed by atoms with Crippen LogP contribution in [0.15, 0.2) is 27.4 Å². The van der Waals surface area contributed by atoms with Crippen LogP contribution < -0.4 is 0 Å². The SMILES string of the molecule is CC(=O)c1ccc(C#N)cc1Sc1nc(C)ns1. The first-order valence-electron chi connectivity index (χ1n) is 5.13. The second-order valence-corrected chi connectivity index (χ2v) is 5.63. The molecule has 0 N–H and O–H groups in total. The summed E-state index contributed by atoms with van der Waals surface area (Å²) >= 11 is 2.65. The van der Waals surface area contributed by atoms with Crippen LogP contribution in [0.25, 0.3) is 0 Å². The third-order valence-electron chi connectivity index (χ3n) is 2.20. The molecular formula is C12H9N3OS2. The molecule has 4 nitrogen and oxygen atoms in total. The van der Waals surface area contributed by atoms with E-state index in [-0.39, 0.29) is 5.78 Å². The summed E-state index contributed by atoms with van der Waals surface area (Å²) in [5, 5.41) is 8.89. The van der Waals surface area contributed by atoms with Crippen molar-refractivity contribution < 1.29 is 4.79 Å². The number of hydrogen-bond acceptors (Lipinski definition) is 6. The monoisotopic (exact) mass is 275 g/mol. The van der Waals surface area contributed by atoms with E-state index in [1.807, 2.05) is 6.92 Å². The predicted octanol–water partition coefficient (Wildman–Crippen LogP) is 3.07. The molecule has 6 heteroatoms. The molecule has 90 valence electrons. The Morgan fingerprint density at radius 2 is 2.28 bits per heavy atom. The van der Waals surface area contributed by atoms with Crippen LogP contribution in [-0.4, -0.2) is 15.1 Å². The van der Waals surface area contributed by atoms with Gasteiger partial charge in [0.15, 0.2) is 10.1 Å². The van der Waals surface area contributed by atoms with Crippen LogP contribution in [0.2, 0.25) is 0 Å². The van der Waals surface area contributed by atoms with Crippen LogP contribution in [0.4, 0.5) is 0 Å². The average Bonchev–Trinajstić information content (AvgIpc) is 2.74. The fraction of sp³-hybridized carbons (Fsp3) is 0.167. The summed E-state index contributed by atoms with van der Waals surface area (Å²) in [5.41, 5.74) is 1.13. The van der Waals surface area contributed by atoms with E-state index in [9.17, 15) is 4.79 Å². The van der Waals surface area contributed by atoms with E-state index < -0.39 is 0 Å². The Labute approximate surface area is 113 Å². The lowest BCUT2D eigenvalue weighted by molar-refractivity contribution is 0.101.